The maximum absolute atomic E-state index is 12.2. The van der Waals surface area contributed by atoms with Crippen LogP contribution in [-0.2, 0) is 19.1 Å². The van der Waals surface area contributed by atoms with Crippen LogP contribution in [0.15, 0.2) is 41.6 Å². The van der Waals surface area contributed by atoms with Gasteiger partial charge in [0.2, 0.25) is 0 Å². The highest BCUT2D eigenvalue weighted by Crippen LogP contribution is 2.39. The third-order valence-corrected chi connectivity index (χ3v) is 3.27. The molecular formula is C17H21NO4. The van der Waals surface area contributed by atoms with E-state index in [1.54, 1.807) is 13.8 Å². The highest BCUT2D eigenvalue weighted by atomic mass is 16.6. The van der Waals surface area contributed by atoms with Crippen LogP contribution < -0.4 is 5.32 Å². The molecular weight excluding hydrogens is 282 g/mol. The first-order chi connectivity index (χ1) is 10.7. The van der Waals surface area contributed by atoms with Crippen molar-refractivity contribution in [2.45, 2.75) is 26.7 Å². The average molecular weight is 303 g/mol. The first kappa shape index (κ1) is 16.1. The molecule has 0 bridgehead atoms. The fourth-order valence-electron chi connectivity index (χ4n) is 2.13. The first-order valence-electron chi connectivity index (χ1n) is 7.57. The molecule has 1 fully saturated rings. The Morgan fingerprint density at radius 2 is 1.59 bits per heavy atom. The molecule has 0 aromatic heterocycles. The summed E-state index contributed by atoms with van der Waals surface area (Å²) in [6, 6.07) is 9.46. The van der Waals surface area contributed by atoms with Crippen molar-refractivity contribution >= 4 is 17.6 Å². The van der Waals surface area contributed by atoms with Crippen molar-refractivity contribution in [2.75, 3.05) is 18.5 Å². The van der Waals surface area contributed by atoms with Crippen LogP contribution in [0.1, 0.15) is 26.7 Å². The minimum absolute atomic E-state index is 0.0185. The highest BCUT2D eigenvalue weighted by Gasteiger charge is 2.35. The molecule has 5 nitrogen and oxygen atoms in total. The smallest absolute Gasteiger partial charge is 0.347 e. The van der Waals surface area contributed by atoms with Gasteiger partial charge in [-0.25, -0.2) is 9.59 Å². The van der Waals surface area contributed by atoms with Crippen LogP contribution in [-0.4, -0.2) is 25.2 Å². The number of para-hydroxylation sites is 1. The fourth-order valence-corrected chi connectivity index (χ4v) is 2.13. The lowest BCUT2D eigenvalue weighted by Crippen LogP contribution is -2.23. The molecule has 5 heteroatoms. The van der Waals surface area contributed by atoms with Gasteiger partial charge in [-0.2, -0.15) is 0 Å². The number of allylic oxidation sites excluding steroid dienone is 1. The molecule has 0 unspecified atom stereocenters. The average Bonchev–Trinajstić information content (AvgIpc) is 3.33. The molecule has 2 rings (SSSR count). The number of rotatable bonds is 7. The number of nitrogens with one attached hydrogen (secondary N) is 1. The molecule has 118 valence electrons. The van der Waals surface area contributed by atoms with E-state index in [0.29, 0.717) is 5.70 Å². The van der Waals surface area contributed by atoms with Crippen LogP contribution in [0.2, 0.25) is 0 Å². The molecule has 1 aliphatic carbocycles. The number of hydrogen-bond acceptors (Lipinski definition) is 5. The van der Waals surface area contributed by atoms with Gasteiger partial charge in [0.05, 0.1) is 13.2 Å². The summed E-state index contributed by atoms with van der Waals surface area (Å²) in [5.41, 5.74) is 1.41. The molecule has 1 N–H and O–H groups in total. The van der Waals surface area contributed by atoms with Gasteiger partial charge in [-0.15, -0.1) is 0 Å². The van der Waals surface area contributed by atoms with Crippen molar-refractivity contribution in [3.05, 3.63) is 41.6 Å². The predicted octanol–water partition coefficient (Wildman–Crippen LogP) is 2.89. The maximum Gasteiger partial charge on any atom is 0.347 e. The molecule has 0 amide bonds. The second-order valence-corrected chi connectivity index (χ2v) is 4.99. The standard InChI is InChI=1S/C17H21NO4/c1-3-21-16(19)14(17(20)22-4-2)15(12-10-11-12)18-13-8-6-5-7-9-13/h5-9,12,18H,3-4,10-11H2,1-2H3. The Morgan fingerprint density at radius 1 is 1.05 bits per heavy atom. The minimum atomic E-state index is -0.633. The Labute approximate surface area is 130 Å². The van der Waals surface area contributed by atoms with Gasteiger partial charge in [-0.3, -0.25) is 0 Å². The van der Waals surface area contributed by atoms with Crippen LogP contribution in [0.3, 0.4) is 0 Å². The van der Waals surface area contributed by atoms with Gasteiger partial charge >= 0.3 is 11.9 Å². The number of carbonyl (C=O) groups excluding carboxylic acids is 2. The molecule has 22 heavy (non-hydrogen) atoms. The topological polar surface area (TPSA) is 64.6 Å². The molecule has 0 spiro atoms. The Hall–Kier alpha value is -2.30. The summed E-state index contributed by atoms with van der Waals surface area (Å²) >= 11 is 0. The summed E-state index contributed by atoms with van der Waals surface area (Å²) in [6.45, 7) is 3.85. The van der Waals surface area contributed by atoms with Crippen molar-refractivity contribution in [3.63, 3.8) is 0 Å². The molecule has 1 aliphatic rings. The minimum Gasteiger partial charge on any atom is -0.462 e. The Balaban J connectivity index is 2.36. The molecule has 1 aromatic rings. The zero-order valence-electron chi connectivity index (χ0n) is 12.9. The SMILES string of the molecule is CCOC(=O)C(C(=O)OCC)=C(Nc1ccccc1)C1CC1. The number of esters is 2. The van der Waals surface area contributed by atoms with E-state index >= 15 is 0 Å². The molecule has 1 aromatic carbocycles. The molecule has 0 atom stereocenters. The predicted molar refractivity (Wildman–Crippen MR) is 83.1 cm³/mol. The van der Waals surface area contributed by atoms with Crippen LogP contribution in [0, 0.1) is 5.92 Å². The van der Waals surface area contributed by atoms with Crippen LogP contribution in [0.4, 0.5) is 5.69 Å². The van der Waals surface area contributed by atoms with E-state index in [1.165, 1.54) is 0 Å². The summed E-state index contributed by atoms with van der Waals surface area (Å²) in [4.78, 5) is 24.4. The molecule has 0 radical (unpaired) electrons. The third kappa shape index (κ3) is 4.10. The molecule has 0 aliphatic heterocycles. The summed E-state index contributed by atoms with van der Waals surface area (Å²) in [7, 11) is 0. The van der Waals surface area contributed by atoms with Gasteiger partial charge in [0, 0.05) is 17.3 Å². The van der Waals surface area contributed by atoms with Crippen molar-refractivity contribution < 1.29 is 19.1 Å². The molecule has 1 saturated carbocycles. The third-order valence-electron chi connectivity index (χ3n) is 3.27. The lowest BCUT2D eigenvalue weighted by molar-refractivity contribution is -0.146. The molecule has 0 saturated heterocycles. The second kappa shape index (κ2) is 7.64. The lowest BCUT2D eigenvalue weighted by atomic mass is 10.1. The highest BCUT2D eigenvalue weighted by molar-refractivity contribution is 6.15. The van der Waals surface area contributed by atoms with E-state index < -0.39 is 11.9 Å². The summed E-state index contributed by atoms with van der Waals surface area (Å²) in [6.07, 6.45) is 1.88. The normalized spacial score (nSPS) is 13.2. The van der Waals surface area contributed by atoms with Crippen molar-refractivity contribution in [2.24, 2.45) is 5.92 Å². The van der Waals surface area contributed by atoms with Gasteiger partial charge in [0.1, 0.15) is 0 Å². The number of hydrogen-bond donors (Lipinski definition) is 1. The summed E-state index contributed by atoms with van der Waals surface area (Å²) in [5.74, 6) is -1.10. The second-order valence-electron chi connectivity index (χ2n) is 4.99. The van der Waals surface area contributed by atoms with E-state index in [2.05, 4.69) is 5.32 Å². The zero-order chi connectivity index (χ0) is 15.9. The van der Waals surface area contributed by atoms with Crippen LogP contribution in [0.25, 0.3) is 0 Å². The largest absolute Gasteiger partial charge is 0.462 e. The molecule has 0 heterocycles. The summed E-state index contributed by atoms with van der Waals surface area (Å²) < 4.78 is 10.1. The monoisotopic (exact) mass is 303 g/mol. The van der Waals surface area contributed by atoms with E-state index in [9.17, 15) is 9.59 Å². The van der Waals surface area contributed by atoms with Gasteiger partial charge in [-0.1, -0.05) is 18.2 Å². The van der Waals surface area contributed by atoms with E-state index in [-0.39, 0.29) is 24.7 Å². The van der Waals surface area contributed by atoms with Gasteiger partial charge in [0.15, 0.2) is 5.57 Å². The van der Waals surface area contributed by atoms with Crippen molar-refractivity contribution in [3.8, 4) is 0 Å². The van der Waals surface area contributed by atoms with Gasteiger partial charge in [0.25, 0.3) is 0 Å². The van der Waals surface area contributed by atoms with Crippen LogP contribution in [0.5, 0.6) is 0 Å². The van der Waals surface area contributed by atoms with E-state index in [4.69, 9.17) is 9.47 Å². The van der Waals surface area contributed by atoms with Gasteiger partial charge < -0.3 is 14.8 Å². The Morgan fingerprint density at radius 3 is 2.05 bits per heavy atom. The van der Waals surface area contributed by atoms with Crippen molar-refractivity contribution in [1.29, 1.82) is 0 Å². The number of ether oxygens (including phenoxy) is 2. The maximum atomic E-state index is 12.2. The van der Waals surface area contributed by atoms with Crippen molar-refractivity contribution in [1.82, 2.24) is 0 Å². The summed E-state index contributed by atoms with van der Waals surface area (Å²) in [5, 5.41) is 3.20. The number of anilines is 1. The number of carbonyl (C=O) groups is 2. The Kier molecular flexibility index (Phi) is 5.58. The Bertz CT molecular complexity index is 541. The lowest BCUT2D eigenvalue weighted by Gasteiger charge is -2.15. The number of benzene rings is 1. The quantitative estimate of drug-likeness (QED) is 0.363. The van der Waals surface area contributed by atoms with E-state index in [0.717, 1.165) is 18.5 Å². The van der Waals surface area contributed by atoms with Crippen LogP contribution >= 0.6 is 0 Å². The first-order valence-corrected chi connectivity index (χ1v) is 7.57. The van der Waals surface area contributed by atoms with Gasteiger partial charge in [-0.05, 0) is 38.8 Å². The fraction of sp³-hybridized carbons (Fsp3) is 0.412. The van der Waals surface area contributed by atoms with E-state index in [1.807, 2.05) is 30.3 Å². The zero-order valence-corrected chi connectivity index (χ0v) is 12.9.